The quantitative estimate of drug-likeness (QED) is 0.724. The molecule has 0 saturated heterocycles. The average Bonchev–Trinajstić information content (AvgIpc) is 2.41. The Labute approximate surface area is 113 Å². The normalized spacial score (nSPS) is 34.7. The lowest BCUT2D eigenvalue weighted by molar-refractivity contribution is -0.0231. The van der Waals surface area contributed by atoms with E-state index in [2.05, 4.69) is 6.92 Å². The third-order valence-corrected chi connectivity index (χ3v) is 5.48. The summed E-state index contributed by atoms with van der Waals surface area (Å²) < 4.78 is 0. The van der Waals surface area contributed by atoms with Gasteiger partial charge in [0, 0.05) is 0 Å². The van der Waals surface area contributed by atoms with E-state index in [1.165, 1.54) is 64.2 Å². The lowest BCUT2D eigenvalue weighted by Crippen LogP contribution is -2.34. The molecule has 0 atom stereocenters. The van der Waals surface area contributed by atoms with Gasteiger partial charge < -0.3 is 5.11 Å². The Bertz CT molecular complexity index is 222. The van der Waals surface area contributed by atoms with Crippen molar-refractivity contribution in [3.05, 3.63) is 0 Å². The van der Waals surface area contributed by atoms with Gasteiger partial charge in [0.25, 0.3) is 0 Å². The van der Waals surface area contributed by atoms with Gasteiger partial charge in [0.2, 0.25) is 0 Å². The molecule has 0 spiro atoms. The van der Waals surface area contributed by atoms with E-state index in [0.717, 1.165) is 31.1 Å². The van der Waals surface area contributed by atoms with Crippen LogP contribution in [-0.4, -0.2) is 10.7 Å². The molecule has 1 heteroatoms. The maximum atomic E-state index is 10.7. The molecule has 0 aromatic rings. The first kappa shape index (κ1) is 14.4. The van der Waals surface area contributed by atoms with Crippen LogP contribution in [-0.2, 0) is 0 Å². The average molecular weight is 252 g/mol. The maximum Gasteiger partial charge on any atom is 0.0648 e. The van der Waals surface area contributed by atoms with E-state index in [4.69, 9.17) is 0 Å². The molecule has 0 heterocycles. The molecule has 0 bridgehead atoms. The van der Waals surface area contributed by atoms with Crippen molar-refractivity contribution >= 4 is 0 Å². The van der Waals surface area contributed by atoms with Crippen LogP contribution in [0.15, 0.2) is 0 Å². The molecule has 0 aromatic heterocycles. The molecule has 2 fully saturated rings. The van der Waals surface area contributed by atoms with Gasteiger partial charge in [-0.15, -0.1) is 0 Å². The highest BCUT2D eigenvalue weighted by Crippen LogP contribution is 2.39. The zero-order valence-corrected chi connectivity index (χ0v) is 12.3. The fraction of sp³-hybridized carbons (Fsp3) is 1.00. The van der Waals surface area contributed by atoms with Gasteiger partial charge in [-0.2, -0.15) is 0 Å². The smallest absolute Gasteiger partial charge is 0.0648 e. The maximum absolute atomic E-state index is 10.7. The molecule has 2 rings (SSSR count). The van der Waals surface area contributed by atoms with Gasteiger partial charge in [-0.1, -0.05) is 51.9 Å². The van der Waals surface area contributed by atoms with Gasteiger partial charge >= 0.3 is 0 Å². The van der Waals surface area contributed by atoms with E-state index in [1.54, 1.807) is 0 Å². The molecular weight excluding hydrogens is 220 g/mol. The highest BCUT2D eigenvalue weighted by atomic mass is 16.3. The molecule has 106 valence electrons. The van der Waals surface area contributed by atoms with Crippen molar-refractivity contribution < 1.29 is 5.11 Å². The summed E-state index contributed by atoms with van der Waals surface area (Å²) >= 11 is 0. The second-order valence-corrected chi connectivity index (χ2v) is 7.00. The van der Waals surface area contributed by atoms with Crippen molar-refractivity contribution in [1.29, 1.82) is 0 Å². The number of hydrogen-bond acceptors (Lipinski definition) is 1. The summed E-state index contributed by atoms with van der Waals surface area (Å²) in [7, 11) is 0. The Hall–Kier alpha value is -0.0400. The van der Waals surface area contributed by atoms with E-state index in [0.29, 0.717) is 0 Å². The second-order valence-electron chi connectivity index (χ2n) is 7.00. The van der Waals surface area contributed by atoms with Crippen LogP contribution in [0.4, 0.5) is 0 Å². The summed E-state index contributed by atoms with van der Waals surface area (Å²) in [5.41, 5.74) is -0.290. The number of rotatable bonds is 5. The first-order chi connectivity index (χ1) is 8.72. The molecule has 1 nitrogen and oxygen atoms in total. The van der Waals surface area contributed by atoms with Gasteiger partial charge in [0.1, 0.15) is 0 Å². The summed E-state index contributed by atoms with van der Waals surface area (Å²) in [6.45, 7) is 2.28. The molecule has 18 heavy (non-hydrogen) atoms. The van der Waals surface area contributed by atoms with Crippen molar-refractivity contribution in [1.82, 2.24) is 0 Å². The third-order valence-electron chi connectivity index (χ3n) is 5.48. The molecule has 0 unspecified atom stereocenters. The summed E-state index contributed by atoms with van der Waals surface area (Å²) in [5.74, 6) is 1.83. The summed E-state index contributed by atoms with van der Waals surface area (Å²) in [4.78, 5) is 0. The van der Waals surface area contributed by atoms with Crippen LogP contribution in [0.25, 0.3) is 0 Å². The Morgan fingerprint density at radius 3 is 2.11 bits per heavy atom. The second kappa shape index (κ2) is 6.93. The summed E-state index contributed by atoms with van der Waals surface area (Å²) in [6, 6.07) is 0. The minimum absolute atomic E-state index is 0.290. The first-order valence-electron chi connectivity index (χ1n) is 8.44. The Kier molecular flexibility index (Phi) is 5.54. The van der Waals surface area contributed by atoms with E-state index >= 15 is 0 Å². The lowest BCUT2D eigenvalue weighted by atomic mass is 9.73. The molecular formula is C17H32O. The van der Waals surface area contributed by atoms with Gasteiger partial charge in [-0.05, 0) is 50.4 Å². The standard InChI is InChI=1S/C17H32O/c1-2-6-15-9-12-17(18,13-10-15)14-11-16-7-4-3-5-8-16/h15-16,18H,2-14H2,1H3. The first-order valence-corrected chi connectivity index (χ1v) is 8.44. The highest BCUT2D eigenvalue weighted by Gasteiger charge is 2.33. The fourth-order valence-electron chi connectivity index (χ4n) is 4.11. The van der Waals surface area contributed by atoms with Crippen LogP contribution >= 0.6 is 0 Å². The highest BCUT2D eigenvalue weighted by molar-refractivity contribution is 4.86. The van der Waals surface area contributed by atoms with Gasteiger partial charge in [-0.3, -0.25) is 0 Å². The Morgan fingerprint density at radius 2 is 1.50 bits per heavy atom. The molecule has 1 N–H and O–H groups in total. The van der Waals surface area contributed by atoms with Gasteiger partial charge in [-0.25, -0.2) is 0 Å². The van der Waals surface area contributed by atoms with Crippen LogP contribution in [0.2, 0.25) is 0 Å². The monoisotopic (exact) mass is 252 g/mol. The van der Waals surface area contributed by atoms with E-state index in [1.807, 2.05) is 0 Å². The van der Waals surface area contributed by atoms with Crippen LogP contribution in [0.1, 0.15) is 90.4 Å². The van der Waals surface area contributed by atoms with E-state index in [9.17, 15) is 5.11 Å². The van der Waals surface area contributed by atoms with Crippen molar-refractivity contribution in [3.63, 3.8) is 0 Å². The van der Waals surface area contributed by atoms with Crippen LogP contribution in [0.5, 0.6) is 0 Å². The number of aliphatic hydroxyl groups is 1. The number of hydrogen-bond donors (Lipinski definition) is 1. The molecule has 0 amide bonds. The van der Waals surface area contributed by atoms with E-state index < -0.39 is 0 Å². The third kappa shape index (κ3) is 4.26. The van der Waals surface area contributed by atoms with E-state index in [-0.39, 0.29) is 5.60 Å². The van der Waals surface area contributed by atoms with Gasteiger partial charge in [0.05, 0.1) is 5.60 Å². The predicted molar refractivity (Wildman–Crippen MR) is 77.6 cm³/mol. The Balaban J connectivity index is 1.68. The SMILES string of the molecule is CCCC1CCC(O)(CCC2CCCCC2)CC1. The van der Waals surface area contributed by atoms with Crippen molar-refractivity contribution in [2.24, 2.45) is 11.8 Å². The fourth-order valence-corrected chi connectivity index (χ4v) is 4.11. The van der Waals surface area contributed by atoms with Gasteiger partial charge in [0.15, 0.2) is 0 Å². The van der Waals surface area contributed by atoms with Crippen molar-refractivity contribution in [3.8, 4) is 0 Å². The Morgan fingerprint density at radius 1 is 0.889 bits per heavy atom. The van der Waals surface area contributed by atoms with Crippen molar-refractivity contribution in [2.75, 3.05) is 0 Å². The molecule has 0 radical (unpaired) electrons. The topological polar surface area (TPSA) is 20.2 Å². The minimum atomic E-state index is -0.290. The summed E-state index contributed by atoms with van der Waals surface area (Å²) in [5, 5.41) is 10.7. The minimum Gasteiger partial charge on any atom is -0.390 e. The molecule has 0 aliphatic heterocycles. The summed E-state index contributed by atoms with van der Waals surface area (Å²) in [6.07, 6.45) is 16.9. The molecule has 2 aliphatic carbocycles. The molecule has 2 aliphatic rings. The zero-order valence-electron chi connectivity index (χ0n) is 12.3. The van der Waals surface area contributed by atoms with Crippen LogP contribution in [0, 0.1) is 11.8 Å². The molecule has 0 aromatic carbocycles. The van der Waals surface area contributed by atoms with Crippen molar-refractivity contribution in [2.45, 2.75) is 96.0 Å². The largest absolute Gasteiger partial charge is 0.390 e. The van der Waals surface area contributed by atoms with Crippen LogP contribution in [0.3, 0.4) is 0 Å². The lowest BCUT2D eigenvalue weighted by Gasteiger charge is -2.37. The predicted octanol–water partition coefficient (Wildman–Crippen LogP) is 5.07. The van der Waals surface area contributed by atoms with Crippen LogP contribution < -0.4 is 0 Å². The molecule has 2 saturated carbocycles. The zero-order chi connectivity index (χ0) is 12.8.